The van der Waals surface area contributed by atoms with Gasteiger partial charge in [-0.1, -0.05) is 11.6 Å². The zero-order valence-electron chi connectivity index (χ0n) is 12.3. The number of carbonyl (C=O) groups excluding carboxylic acids is 1. The van der Waals surface area contributed by atoms with Crippen LogP contribution < -0.4 is 5.56 Å². The number of nitrogens with zero attached hydrogens (tertiary/aromatic N) is 2. The van der Waals surface area contributed by atoms with Crippen molar-refractivity contribution in [3.05, 3.63) is 51.4 Å². The van der Waals surface area contributed by atoms with E-state index < -0.39 is 5.97 Å². The summed E-state index contributed by atoms with van der Waals surface area (Å²) in [5.41, 5.74) is 2.19. The van der Waals surface area contributed by atoms with Crippen molar-refractivity contribution >= 4 is 34.1 Å². The smallest absolute Gasteiger partial charge is 0.339 e. The third-order valence-electron chi connectivity index (χ3n) is 3.60. The lowest BCUT2D eigenvalue weighted by Gasteiger charge is -2.10. The van der Waals surface area contributed by atoms with Crippen molar-refractivity contribution in [2.75, 3.05) is 6.61 Å². The molecule has 0 atom stereocenters. The van der Waals surface area contributed by atoms with Gasteiger partial charge in [0.25, 0.3) is 5.56 Å². The van der Waals surface area contributed by atoms with E-state index in [1.165, 1.54) is 0 Å². The second-order valence-electron chi connectivity index (χ2n) is 4.89. The molecule has 0 saturated carbocycles. The largest absolute Gasteiger partial charge is 0.462 e. The molecule has 0 amide bonds. The molecule has 6 heteroatoms. The fraction of sp³-hybridized carbons (Fsp3) is 0.250. The number of aromatic nitrogens is 2. The number of carbonyl (C=O) groups is 1. The molecule has 2 heterocycles. The van der Waals surface area contributed by atoms with Crippen LogP contribution in [0.25, 0.3) is 16.6 Å². The van der Waals surface area contributed by atoms with E-state index in [1.807, 2.05) is 13.0 Å². The first-order chi connectivity index (χ1) is 10.6. The summed E-state index contributed by atoms with van der Waals surface area (Å²) in [7, 11) is 0. The van der Waals surface area contributed by atoms with Crippen molar-refractivity contribution in [3.63, 3.8) is 0 Å². The molecule has 5 nitrogen and oxygen atoms in total. The number of hydrogen-bond acceptors (Lipinski definition) is 3. The SMILES string of the molecule is CCOC(=O)c1cc2c(=O)n(CC)c3ccc(Cl)cc3n2c1. The van der Waals surface area contributed by atoms with Gasteiger partial charge in [-0.15, -0.1) is 0 Å². The maximum Gasteiger partial charge on any atom is 0.339 e. The van der Waals surface area contributed by atoms with Crippen LogP contribution in [-0.4, -0.2) is 21.5 Å². The molecule has 3 rings (SSSR count). The monoisotopic (exact) mass is 318 g/mol. The van der Waals surface area contributed by atoms with Gasteiger partial charge in [0.1, 0.15) is 5.52 Å². The molecule has 0 aliphatic carbocycles. The molecule has 0 fully saturated rings. The van der Waals surface area contributed by atoms with Crippen molar-refractivity contribution in [1.29, 1.82) is 0 Å². The topological polar surface area (TPSA) is 52.7 Å². The minimum Gasteiger partial charge on any atom is -0.462 e. The van der Waals surface area contributed by atoms with Gasteiger partial charge < -0.3 is 13.7 Å². The lowest BCUT2D eigenvalue weighted by atomic mass is 10.2. The Bertz CT molecular complexity index is 940. The fourth-order valence-electron chi connectivity index (χ4n) is 2.63. The molecular weight excluding hydrogens is 304 g/mol. The van der Waals surface area contributed by atoms with Crippen molar-refractivity contribution < 1.29 is 9.53 Å². The second kappa shape index (κ2) is 5.50. The molecule has 0 saturated heterocycles. The Labute approximate surface area is 131 Å². The first kappa shape index (κ1) is 14.7. The Hall–Kier alpha value is -2.27. The predicted octanol–water partition coefficient (Wildman–Crippen LogP) is 3.10. The van der Waals surface area contributed by atoms with E-state index in [2.05, 4.69) is 0 Å². The summed E-state index contributed by atoms with van der Waals surface area (Å²) in [6.07, 6.45) is 1.62. The van der Waals surface area contributed by atoms with Crippen LogP contribution in [0.3, 0.4) is 0 Å². The highest BCUT2D eigenvalue weighted by molar-refractivity contribution is 6.31. The maximum absolute atomic E-state index is 12.6. The maximum atomic E-state index is 12.6. The summed E-state index contributed by atoms with van der Waals surface area (Å²) in [6.45, 7) is 4.47. The summed E-state index contributed by atoms with van der Waals surface area (Å²) in [4.78, 5) is 24.5. The Morgan fingerprint density at radius 2 is 1.95 bits per heavy atom. The van der Waals surface area contributed by atoms with E-state index >= 15 is 0 Å². The van der Waals surface area contributed by atoms with Crippen LogP contribution in [0.1, 0.15) is 24.2 Å². The van der Waals surface area contributed by atoms with Crippen molar-refractivity contribution in [2.45, 2.75) is 20.4 Å². The number of halogens is 1. The normalized spacial score (nSPS) is 11.2. The Morgan fingerprint density at radius 1 is 1.18 bits per heavy atom. The van der Waals surface area contributed by atoms with Crippen LogP contribution in [0.4, 0.5) is 0 Å². The zero-order valence-corrected chi connectivity index (χ0v) is 13.1. The molecular formula is C16H15ClN2O3. The van der Waals surface area contributed by atoms with Gasteiger partial charge >= 0.3 is 5.97 Å². The van der Waals surface area contributed by atoms with E-state index in [0.29, 0.717) is 22.6 Å². The quantitative estimate of drug-likeness (QED) is 0.697. The van der Waals surface area contributed by atoms with Gasteiger partial charge in [0.05, 0.1) is 23.2 Å². The number of rotatable bonds is 3. The van der Waals surface area contributed by atoms with E-state index in [-0.39, 0.29) is 12.2 Å². The van der Waals surface area contributed by atoms with Crippen molar-refractivity contribution in [2.24, 2.45) is 0 Å². The molecule has 0 radical (unpaired) electrons. The lowest BCUT2D eigenvalue weighted by Crippen LogP contribution is -2.21. The molecule has 0 bridgehead atoms. The van der Waals surface area contributed by atoms with E-state index in [0.717, 1.165) is 11.0 Å². The molecule has 22 heavy (non-hydrogen) atoms. The predicted molar refractivity (Wildman–Crippen MR) is 85.8 cm³/mol. The number of esters is 1. The third kappa shape index (κ3) is 2.18. The van der Waals surface area contributed by atoms with Gasteiger partial charge in [-0.25, -0.2) is 4.79 Å². The molecule has 3 aromatic rings. The fourth-order valence-corrected chi connectivity index (χ4v) is 2.80. The van der Waals surface area contributed by atoms with Crippen LogP contribution in [0.15, 0.2) is 35.3 Å². The van der Waals surface area contributed by atoms with Gasteiger partial charge in [-0.3, -0.25) is 4.79 Å². The highest BCUT2D eigenvalue weighted by Gasteiger charge is 2.16. The van der Waals surface area contributed by atoms with Crippen LogP contribution in [0, 0.1) is 0 Å². The summed E-state index contributed by atoms with van der Waals surface area (Å²) >= 11 is 6.08. The number of benzene rings is 1. The van der Waals surface area contributed by atoms with Crippen molar-refractivity contribution in [1.82, 2.24) is 8.97 Å². The first-order valence-electron chi connectivity index (χ1n) is 7.08. The summed E-state index contributed by atoms with van der Waals surface area (Å²) in [5.74, 6) is -0.441. The summed E-state index contributed by atoms with van der Waals surface area (Å²) < 4.78 is 8.36. The molecule has 0 aliphatic heterocycles. The molecule has 2 aromatic heterocycles. The average molecular weight is 319 g/mol. The highest BCUT2D eigenvalue weighted by Crippen LogP contribution is 2.21. The average Bonchev–Trinajstić information content (AvgIpc) is 2.94. The Morgan fingerprint density at radius 3 is 2.64 bits per heavy atom. The summed E-state index contributed by atoms with van der Waals surface area (Å²) in [6, 6.07) is 6.90. The van der Waals surface area contributed by atoms with E-state index in [4.69, 9.17) is 16.3 Å². The molecule has 0 spiro atoms. The van der Waals surface area contributed by atoms with Crippen LogP contribution >= 0.6 is 11.6 Å². The van der Waals surface area contributed by atoms with Gasteiger partial charge in [0, 0.05) is 17.8 Å². The standard InChI is InChI=1S/C16H15ClN2O3/c1-3-18-12-6-5-11(17)8-13(12)19-9-10(16(21)22-4-2)7-14(19)15(18)20/h5-9H,3-4H2,1-2H3. The van der Waals surface area contributed by atoms with Gasteiger partial charge in [-0.05, 0) is 38.1 Å². The molecule has 0 aliphatic rings. The van der Waals surface area contributed by atoms with Gasteiger partial charge in [-0.2, -0.15) is 0 Å². The van der Waals surface area contributed by atoms with Crippen molar-refractivity contribution in [3.8, 4) is 0 Å². The first-order valence-corrected chi connectivity index (χ1v) is 7.46. The van der Waals surface area contributed by atoms with Crippen LogP contribution in [-0.2, 0) is 11.3 Å². The second-order valence-corrected chi connectivity index (χ2v) is 5.32. The Kier molecular flexibility index (Phi) is 3.66. The van der Waals surface area contributed by atoms with E-state index in [1.54, 1.807) is 40.3 Å². The molecule has 0 N–H and O–H groups in total. The number of fused-ring (bicyclic) bond motifs is 3. The Balaban J connectivity index is 2.41. The number of ether oxygens (including phenoxy) is 1. The molecule has 114 valence electrons. The van der Waals surface area contributed by atoms with Crippen LogP contribution in [0.5, 0.6) is 0 Å². The lowest BCUT2D eigenvalue weighted by molar-refractivity contribution is 0.0526. The third-order valence-corrected chi connectivity index (χ3v) is 3.83. The van der Waals surface area contributed by atoms with Gasteiger partial charge in [0.2, 0.25) is 0 Å². The minimum absolute atomic E-state index is 0.145. The highest BCUT2D eigenvalue weighted by atomic mass is 35.5. The van der Waals surface area contributed by atoms with Crippen LogP contribution in [0.2, 0.25) is 5.02 Å². The van der Waals surface area contributed by atoms with E-state index in [9.17, 15) is 9.59 Å². The molecule has 0 unspecified atom stereocenters. The number of aryl methyl sites for hydroxylation is 1. The summed E-state index contributed by atoms with van der Waals surface area (Å²) in [5, 5.41) is 0.571. The van der Waals surface area contributed by atoms with Gasteiger partial charge in [0.15, 0.2) is 0 Å². The minimum atomic E-state index is -0.441. The zero-order chi connectivity index (χ0) is 15.9. The number of hydrogen-bond donors (Lipinski definition) is 0. The molecule has 1 aromatic carbocycles.